The van der Waals surface area contributed by atoms with E-state index in [9.17, 15) is 0 Å². The van der Waals surface area contributed by atoms with Crippen LogP contribution >= 0.6 is 11.8 Å². The fraction of sp³-hybridized carbons (Fsp3) is 0.381. The van der Waals surface area contributed by atoms with Crippen molar-refractivity contribution in [3.8, 4) is 0 Å². The van der Waals surface area contributed by atoms with Crippen LogP contribution in [0.2, 0.25) is 0 Å². The molecule has 0 unspecified atom stereocenters. The number of nitrogens with zero attached hydrogens (tertiary/aromatic N) is 3. The number of benzene rings is 2. The van der Waals surface area contributed by atoms with E-state index in [2.05, 4.69) is 23.1 Å². The van der Waals surface area contributed by atoms with Crippen molar-refractivity contribution in [2.24, 2.45) is 4.99 Å². The zero-order valence-electron chi connectivity index (χ0n) is 19.0. The molecule has 0 aromatic heterocycles. The molecule has 0 bridgehead atoms. The van der Waals surface area contributed by atoms with Gasteiger partial charge in [0.1, 0.15) is 5.84 Å². The molecule has 0 aliphatic carbocycles. The van der Waals surface area contributed by atoms with Crippen molar-refractivity contribution < 1.29 is 15.3 Å². The van der Waals surface area contributed by atoms with Gasteiger partial charge in [-0.25, -0.2) is 4.99 Å². The molecule has 1 N–H and O–H groups in total. The third-order valence-corrected chi connectivity index (χ3v) is 5.75. The normalized spacial score (nSPS) is 20.3. The van der Waals surface area contributed by atoms with Crippen LogP contribution in [0.15, 0.2) is 63.3 Å². The van der Waals surface area contributed by atoms with E-state index in [0.717, 1.165) is 26.9 Å². The molecule has 5 nitrogen and oxygen atoms in total. The molecule has 2 heterocycles. The average Bonchev–Trinajstić information content (AvgIpc) is 2.90. The van der Waals surface area contributed by atoms with Crippen LogP contribution in [0.3, 0.4) is 0 Å². The van der Waals surface area contributed by atoms with E-state index in [-0.39, 0.29) is 6.54 Å². The third kappa shape index (κ3) is 4.35. The zero-order chi connectivity index (χ0) is 22.1. The van der Waals surface area contributed by atoms with E-state index in [1.54, 1.807) is 11.8 Å². The molecule has 0 amide bonds. The summed E-state index contributed by atoms with van der Waals surface area (Å²) in [6.45, 7) is -3.03. The molecule has 1 saturated heterocycles. The Morgan fingerprint density at radius 3 is 2.56 bits per heavy atom. The number of hydrogen-bond donors (Lipinski definition) is 1. The monoisotopic (exact) mass is 387 g/mol. The van der Waals surface area contributed by atoms with Crippen molar-refractivity contribution >= 4 is 23.3 Å². The van der Waals surface area contributed by atoms with Crippen molar-refractivity contribution in [1.82, 2.24) is 9.80 Å². The summed E-state index contributed by atoms with van der Waals surface area (Å²) >= 11 is 1.71. The highest BCUT2D eigenvalue weighted by Crippen LogP contribution is 2.40. The van der Waals surface area contributed by atoms with Crippen molar-refractivity contribution in [3.63, 3.8) is 0 Å². The smallest absolute Gasteiger partial charge is 0.137 e. The number of ether oxygens (including phenoxy) is 1. The molecule has 1 fully saturated rings. The number of rotatable bonds is 5. The number of para-hydroxylation sites is 1. The second-order valence-electron chi connectivity index (χ2n) is 6.31. The number of fused-ring (bicyclic) bond motifs is 2. The highest BCUT2D eigenvalue weighted by Gasteiger charge is 2.24. The molecule has 2 aromatic rings. The van der Waals surface area contributed by atoms with Crippen molar-refractivity contribution in [2.75, 3.05) is 52.4 Å². The first-order chi connectivity index (χ1) is 14.8. The predicted octanol–water partition coefficient (Wildman–Crippen LogP) is 2.86. The van der Waals surface area contributed by atoms with Crippen LogP contribution in [-0.2, 0) is 4.74 Å². The largest absolute Gasteiger partial charge is 0.394 e. The number of amidine groups is 1. The molecule has 27 heavy (non-hydrogen) atoms. The SMILES string of the molecule is [2H]C([2H])(CO)OC([2H])([2H])CN1CCN(C2=Nc3ccccc3Sc3ccccc32)CC1. The summed E-state index contributed by atoms with van der Waals surface area (Å²) in [4.78, 5) is 11.4. The Balaban J connectivity index is 1.49. The van der Waals surface area contributed by atoms with Crippen LogP contribution in [0.4, 0.5) is 5.69 Å². The van der Waals surface area contributed by atoms with Gasteiger partial charge in [-0.05, 0) is 18.2 Å². The number of hydrogen-bond acceptors (Lipinski definition) is 6. The first kappa shape index (κ1) is 14.2. The molecule has 0 spiro atoms. The van der Waals surface area contributed by atoms with Crippen molar-refractivity contribution in [1.29, 1.82) is 0 Å². The van der Waals surface area contributed by atoms with Crippen LogP contribution in [0.25, 0.3) is 0 Å². The van der Waals surface area contributed by atoms with Gasteiger partial charge in [-0.1, -0.05) is 42.1 Å². The number of aliphatic hydroxyl groups is 1. The topological polar surface area (TPSA) is 48.3 Å². The zero-order valence-corrected chi connectivity index (χ0v) is 15.8. The van der Waals surface area contributed by atoms with Crippen molar-refractivity contribution in [3.05, 3.63) is 54.1 Å². The van der Waals surface area contributed by atoms with E-state index in [1.165, 1.54) is 0 Å². The third-order valence-electron chi connectivity index (χ3n) is 4.61. The molecule has 142 valence electrons. The molecule has 0 saturated carbocycles. The molecular formula is C21H25N3O2S. The Kier molecular flexibility index (Phi) is 4.67. The molecule has 4 rings (SSSR count). The first-order valence-corrected chi connectivity index (χ1v) is 9.81. The Hall–Kier alpha value is -1.86. The lowest BCUT2D eigenvalue weighted by molar-refractivity contribution is 0.0652. The maximum Gasteiger partial charge on any atom is 0.137 e. The van der Waals surface area contributed by atoms with Crippen LogP contribution < -0.4 is 0 Å². The highest BCUT2D eigenvalue weighted by molar-refractivity contribution is 7.99. The molecule has 2 aliphatic rings. The maximum atomic E-state index is 9.01. The fourth-order valence-electron chi connectivity index (χ4n) is 3.23. The predicted molar refractivity (Wildman–Crippen MR) is 109 cm³/mol. The Morgan fingerprint density at radius 2 is 1.74 bits per heavy atom. The summed E-state index contributed by atoms with van der Waals surface area (Å²) in [7, 11) is 0. The van der Waals surface area contributed by atoms with Crippen LogP contribution in [0.5, 0.6) is 0 Å². The molecule has 0 atom stereocenters. The van der Waals surface area contributed by atoms with E-state index in [0.29, 0.717) is 26.2 Å². The summed E-state index contributed by atoms with van der Waals surface area (Å²) in [5, 5.41) is 9.01. The lowest BCUT2D eigenvalue weighted by atomic mass is 10.1. The summed E-state index contributed by atoms with van der Waals surface area (Å²) in [6.07, 6.45) is 0. The Labute approximate surface area is 170 Å². The highest BCUT2D eigenvalue weighted by atomic mass is 32.2. The molecule has 6 heteroatoms. The van der Waals surface area contributed by atoms with Gasteiger partial charge in [0.25, 0.3) is 0 Å². The van der Waals surface area contributed by atoms with Gasteiger partial charge >= 0.3 is 0 Å². The maximum absolute atomic E-state index is 9.01. The van der Waals surface area contributed by atoms with Crippen LogP contribution in [0.1, 0.15) is 11.0 Å². The Morgan fingerprint density at radius 1 is 1.00 bits per heavy atom. The minimum atomic E-state index is -2.41. The standard InChI is InChI=1S/C21H25N3O2S/c25-14-16-26-15-13-23-9-11-24(12-10-23)21-17-5-1-3-7-19(17)27-20-8-4-2-6-18(20)22-21/h1-8,25H,9-16H2/i15D2,16D2. The second-order valence-corrected chi connectivity index (χ2v) is 7.40. The lowest BCUT2D eigenvalue weighted by Gasteiger charge is -2.36. The van der Waals surface area contributed by atoms with Crippen LogP contribution in [0, 0.1) is 0 Å². The average molecular weight is 388 g/mol. The molecule has 2 aliphatic heterocycles. The van der Waals surface area contributed by atoms with E-state index in [4.69, 9.17) is 20.3 Å². The van der Waals surface area contributed by atoms with E-state index in [1.807, 2.05) is 35.2 Å². The number of aliphatic hydroxyl groups excluding tert-OH is 1. The lowest BCUT2D eigenvalue weighted by Crippen LogP contribution is -2.49. The summed E-state index contributed by atoms with van der Waals surface area (Å²) in [5.74, 6) is 0.920. The van der Waals surface area contributed by atoms with Crippen LogP contribution in [-0.4, -0.2) is 73.2 Å². The van der Waals surface area contributed by atoms with Gasteiger partial charge in [0, 0.05) is 48.1 Å². The van der Waals surface area contributed by atoms with Gasteiger partial charge in [0.05, 0.1) is 30.9 Å². The molecule has 0 radical (unpaired) electrons. The molecule has 2 aromatic carbocycles. The first-order valence-electron chi connectivity index (χ1n) is 11.0. The van der Waals surface area contributed by atoms with Gasteiger partial charge in [0.2, 0.25) is 0 Å². The van der Waals surface area contributed by atoms with Gasteiger partial charge < -0.3 is 14.7 Å². The minimum absolute atomic E-state index is 0.0674. The Bertz CT molecular complexity index is 965. The number of piperazine rings is 1. The van der Waals surface area contributed by atoms with Gasteiger partial charge in [0.15, 0.2) is 0 Å². The minimum Gasteiger partial charge on any atom is -0.394 e. The van der Waals surface area contributed by atoms with Gasteiger partial charge in [-0.15, -0.1) is 0 Å². The number of aliphatic imine (C=N–C) groups is 1. The van der Waals surface area contributed by atoms with E-state index < -0.39 is 19.7 Å². The van der Waals surface area contributed by atoms with E-state index >= 15 is 0 Å². The van der Waals surface area contributed by atoms with Gasteiger partial charge in [-0.3, -0.25) is 4.90 Å². The summed E-state index contributed by atoms with van der Waals surface area (Å²) in [5.41, 5.74) is 2.03. The quantitative estimate of drug-likeness (QED) is 0.855. The van der Waals surface area contributed by atoms with Gasteiger partial charge in [-0.2, -0.15) is 0 Å². The summed E-state index contributed by atoms with van der Waals surface area (Å²) < 4.78 is 35.8. The molecular weight excluding hydrogens is 358 g/mol. The van der Waals surface area contributed by atoms with Crippen molar-refractivity contribution in [2.45, 2.75) is 9.79 Å². The summed E-state index contributed by atoms with van der Waals surface area (Å²) in [6, 6.07) is 16.3. The second kappa shape index (κ2) is 8.89. The fourth-order valence-corrected chi connectivity index (χ4v) is 4.25.